The van der Waals surface area contributed by atoms with Crippen LogP contribution in [0.1, 0.15) is 24.1 Å². The van der Waals surface area contributed by atoms with Crippen LogP contribution in [0.4, 0.5) is 10.1 Å². The van der Waals surface area contributed by atoms with E-state index in [1.165, 1.54) is 17.0 Å². The van der Waals surface area contributed by atoms with E-state index < -0.39 is 11.2 Å². The second-order valence-corrected chi connectivity index (χ2v) is 9.40. The van der Waals surface area contributed by atoms with Crippen molar-refractivity contribution in [3.8, 4) is 11.8 Å². The Morgan fingerprint density at radius 2 is 1.78 bits per heavy atom. The minimum Gasteiger partial charge on any atom is -0.497 e. The molecule has 182 valence electrons. The lowest BCUT2D eigenvalue weighted by atomic mass is 10.1. The van der Waals surface area contributed by atoms with Gasteiger partial charge in [0.05, 0.1) is 18.4 Å². The molecule has 6 nitrogen and oxygen atoms in total. The summed E-state index contributed by atoms with van der Waals surface area (Å²) in [6.45, 7) is 1.83. The van der Waals surface area contributed by atoms with Crippen LogP contribution >= 0.6 is 11.8 Å². The fourth-order valence-electron chi connectivity index (χ4n) is 3.88. The molecular weight excluding hydrogens is 477 g/mol. The number of amides is 2. The van der Waals surface area contributed by atoms with E-state index in [9.17, 15) is 19.2 Å². The molecular formula is C28H24FN3O3S. The van der Waals surface area contributed by atoms with E-state index >= 15 is 0 Å². The van der Waals surface area contributed by atoms with E-state index in [1.54, 1.807) is 43.5 Å². The second-order valence-electron chi connectivity index (χ2n) is 8.21. The highest BCUT2D eigenvalue weighted by Gasteiger charge is 2.41. The molecule has 36 heavy (non-hydrogen) atoms. The predicted octanol–water partition coefficient (Wildman–Crippen LogP) is 5.14. The van der Waals surface area contributed by atoms with E-state index in [4.69, 9.17) is 4.74 Å². The molecule has 2 unspecified atom stereocenters. The summed E-state index contributed by atoms with van der Waals surface area (Å²) < 4.78 is 18.6. The maximum atomic E-state index is 13.6. The average molecular weight is 502 g/mol. The number of halogens is 1. The molecule has 1 aliphatic rings. The fraction of sp³-hybridized carbons (Fsp3) is 0.179. The fourth-order valence-corrected chi connectivity index (χ4v) is 5.19. The Bertz CT molecular complexity index is 1320. The van der Waals surface area contributed by atoms with Crippen molar-refractivity contribution in [2.75, 3.05) is 12.0 Å². The first kappa shape index (κ1) is 25.0. The number of methoxy groups -OCH3 is 1. The smallest absolute Gasteiger partial charge is 0.265 e. The summed E-state index contributed by atoms with van der Waals surface area (Å²) in [7, 11) is 1.54. The third-order valence-corrected chi connectivity index (χ3v) is 7.08. The summed E-state index contributed by atoms with van der Waals surface area (Å²) in [6.07, 6.45) is 0.320. The standard InChI is InChI=1S/C28H24FN3O3S/c1-18(20-6-4-3-5-7-20)31-26(33)24(17-30)28-32(22-12-14-23(35-2)15-13-22)27(34)25(36-28)16-19-8-10-21(29)11-9-19/h3-15,18,25H,16H2,1-2H3,(H,31,33)/b28-24-. The number of hydrogen-bond donors (Lipinski definition) is 1. The summed E-state index contributed by atoms with van der Waals surface area (Å²) in [4.78, 5) is 28.2. The summed E-state index contributed by atoms with van der Waals surface area (Å²) in [5.41, 5.74) is 2.04. The topological polar surface area (TPSA) is 82.4 Å². The van der Waals surface area contributed by atoms with Gasteiger partial charge in [-0.15, -0.1) is 0 Å². The Balaban J connectivity index is 1.69. The number of rotatable bonds is 7. The zero-order chi connectivity index (χ0) is 25.7. The van der Waals surface area contributed by atoms with E-state index in [1.807, 2.05) is 43.3 Å². The maximum absolute atomic E-state index is 13.6. The first-order chi connectivity index (χ1) is 17.4. The van der Waals surface area contributed by atoms with Crippen molar-refractivity contribution < 1.29 is 18.7 Å². The molecule has 0 aromatic heterocycles. The van der Waals surface area contributed by atoms with Crippen LogP contribution in [0, 0.1) is 17.1 Å². The quantitative estimate of drug-likeness (QED) is 0.358. The average Bonchev–Trinajstić information content (AvgIpc) is 3.21. The van der Waals surface area contributed by atoms with Crippen molar-refractivity contribution in [1.82, 2.24) is 5.32 Å². The van der Waals surface area contributed by atoms with Crippen molar-refractivity contribution in [2.45, 2.75) is 24.6 Å². The summed E-state index contributed by atoms with van der Waals surface area (Å²) in [5.74, 6) is -0.576. The van der Waals surface area contributed by atoms with Crippen LogP contribution in [0.2, 0.25) is 0 Å². The molecule has 1 fully saturated rings. The molecule has 3 aromatic rings. The minimum atomic E-state index is -0.588. The minimum absolute atomic E-state index is 0.145. The Hall–Kier alpha value is -4.09. The van der Waals surface area contributed by atoms with Crippen LogP contribution in [-0.4, -0.2) is 24.2 Å². The lowest BCUT2D eigenvalue weighted by Crippen LogP contribution is -2.32. The van der Waals surface area contributed by atoms with Crippen LogP contribution in [0.15, 0.2) is 89.5 Å². The molecule has 0 aliphatic carbocycles. The molecule has 1 saturated heterocycles. The zero-order valence-electron chi connectivity index (χ0n) is 19.8. The molecule has 3 aromatic carbocycles. The van der Waals surface area contributed by atoms with Gasteiger partial charge in [-0.1, -0.05) is 54.2 Å². The van der Waals surface area contributed by atoms with Gasteiger partial charge in [0.15, 0.2) is 0 Å². The largest absolute Gasteiger partial charge is 0.497 e. The van der Waals surface area contributed by atoms with Crippen LogP contribution in [-0.2, 0) is 16.0 Å². The normalized spacial score (nSPS) is 17.3. The van der Waals surface area contributed by atoms with E-state index in [2.05, 4.69) is 5.32 Å². The van der Waals surface area contributed by atoms with Crippen molar-refractivity contribution >= 4 is 29.3 Å². The summed E-state index contributed by atoms with van der Waals surface area (Å²) >= 11 is 1.16. The van der Waals surface area contributed by atoms with Gasteiger partial charge < -0.3 is 10.1 Å². The Kier molecular flexibility index (Phi) is 7.71. The van der Waals surface area contributed by atoms with Gasteiger partial charge in [0.25, 0.3) is 5.91 Å². The van der Waals surface area contributed by atoms with Crippen LogP contribution in [0.25, 0.3) is 0 Å². The number of ether oxygens (including phenoxy) is 1. The Morgan fingerprint density at radius 1 is 1.11 bits per heavy atom. The molecule has 0 saturated carbocycles. The number of hydrogen-bond acceptors (Lipinski definition) is 5. The number of benzene rings is 3. The lowest BCUT2D eigenvalue weighted by molar-refractivity contribution is -0.117. The van der Waals surface area contributed by atoms with E-state index in [0.717, 1.165) is 22.9 Å². The number of nitriles is 1. The molecule has 2 atom stereocenters. The van der Waals surface area contributed by atoms with Gasteiger partial charge in [0, 0.05) is 5.69 Å². The first-order valence-corrected chi connectivity index (χ1v) is 12.2. The highest BCUT2D eigenvalue weighted by Crippen LogP contribution is 2.42. The van der Waals surface area contributed by atoms with E-state index in [-0.39, 0.29) is 28.4 Å². The van der Waals surface area contributed by atoms with Gasteiger partial charge in [0.1, 0.15) is 28.2 Å². The molecule has 1 heterocycles. The number of carbonyl (C=O) groups excluding carboxylic acids is 2. The molecule has 8 heteroatoms. The SMILES string of the molecule is COc1ccc(N2C(=O)C(Cc3ccc(F)cc3)S/C2=C(/C#N)C(=O)NC(C)c2ccccc2)cc1. The van der Waals surface area contributed by atoms with Crippen LogP contribution in [0.3, 0.4) is 0 Å². The monoisotopic (exact) mass is 501 g/mol. The Labute approximate surface area is 213 Å². The number of nitrogens with one attached hydrogen (secondary N) is 1. The van der Waals surface area contributed by atoms with Crippen LogP contribution in [0.5, 0.6) is 5.75 Å². The highest BCUT2D eigenvalue weighted by molar-refractivity contribution is 8.05. The van der Waals surface area contributed by atoms with Gasteiger partial charge in [0.2, 0.25) is 5.91 Å². The molecule has 0 radical (unpaired) electrons. The van der Waals surface area contributed by atoms with Crippen molar-refractivity contribution in [1.29, 1.82) is 5.26 Å². The zero-order valence-corrected chi connectivity index (χ0v) is 20.6. The van der Waals surface area contributed by atoms with Gasteiger partial charge in [-0.3, -0.25) is 14.5 Å². The maximum Gasteiger partial charge on any atom is 0.265 e. The van der Waals surface area contributed by atoms with E-state index in [0.29, 0.717) is 17.9 Å². The third kappa shape index (κ3) is 5.42. The molecule has 4 rings (SSSR count). The van der Waals surface area contributed by atoms with Gasteiger partial charge in [-0.2, -0.15) is 5.26 Å². The summed E-state index contributed by atoms with van der Waals surface area (Å²) in [6, 6.07) is 23.9. The number of nitrogens with zero attached hydrogens (tertiary/aromatic N) is 2. The second kappa shape index (κ2) is 11.1. The summed E-state index contributed by atoms with van der Waals surface area (Å²) in [5, 5.41) is 12.5. The third-order valence-electron chi connectivity index (χ3n) is 5.82. The molecule has 2 amide bonds. The van der Waals surface area contributed by atoms with Crippen molar-refractivity contribution in [3.63, 3.8) is 0 Å². The highest BCUT2D eigenvalue weighted by atomic mass is 32.2. The number of carbonyl (C=O) groups is 2. The van der Waals surface area contributed by atoms with Gasteiger partial charge in [-0.05, 0) is 60.9 Å². The molecule has 1 aliphatic heterocycles. The van der Waals surface area contributed by atoms with Crippen molar-refractivity contribution in [3.05, 3.63) is 106 Å². The predicted molar refractivity (Wildman–Crippen MR) is 138 cm³/mol. The lowest BCUT2D eigenvalue weighted by Gasteiger charge is -2.20. The number of anilines is 1. The molecule has 0 spiro atoms. The van der Waals surface area contributed by atoms with Gasteiger partial charge in [-0.25, -0.2) is 4.39 Å². The van der Waals surface area contributed by atoms with Gasteiger partial charge >= 0.3 is 0 Å². The molecule has 1 N–H and O–H groups in total. The molecule has 0 bridgehead atoms. The van der Waals surface area contributed by atoms with Crippen molar-refractivity contribution in [2.24, 2.45) is 0 Å². The Morgan fingerprint density at radius 3 is 2.39 bits per heavy atom. The first-order valence-electron chi connectivity index (χ1n) is 11.3. The van der Waals surface area contributed by atoms with Crippen LogP contribution < -0.4 is 15.0 Å². The number of thioether (sulfide) groups is 1.